The second kappa shape index (κ2) is 3.62. The largest absolute Gasteiger partial charge is 0.506 e. The van der Waals surface area contributed by atoms with Crippen LogP contribution >= 0.6 is 11.6 Å². The number of hydrogen-bond donors (Lipinski definition) is 1. The van der Waals surface area contributed by atoms with Crippen molar-refractivity contribution in [2.45, 2.75) is 6.43 Å². The van der Waals surface area contributed by atoms with Gasteiger partial charge in [-0.1, -0.05) is 11.6 Å². The summed E-state index contributed by atoms with van der Waals surface area (Å²) < 4.78 is 24.8. The van der Waals surface area contributed by atoms with Crippen molar-refractivity contribution in [3.05, 3.63) is 35.0 Å². The maximum Gasteiger partial charge on any atom is 0.284 e. The number of hydrogen-bond acceptors (Lipinski definition) is 2. The fraction of sp³-hybridized carbons (Fsp3) is 0.100. The van der Waals surface area contributed by atoms with Crippen molar-refractivity contribution >= 4 is 22.5 Å². The maximum atomic E-state index is 12.4. The summed E-state index contributed by atoms with van der Waals surface area (Å²) in [5.41, 5.74) is -0.225. The van der Waals surface area contributed by atoms with Gasteiger partial charge in [0.15, 0.2) is 0 Å². The number of aromatic nitrogens is 1. The lowest BCUT2D eigenvalue weighted by Crippen LogP contribution is -1.91. The molecule has 2 aromatic rings. The Morgan fingerprint density at radius 1 is 1.27 bits per heavy atom. The first kappa shape index (κ1) is 10.1. The molecule has 2 rings (SSSR count). The lowest BCUT2D eigenvalue weighted by molar-refractivity contribution is 0.142. The Hall–Kier alpha value is -1.42. The van der Waals surface area contributed by atoms with Crippen molar-refractivity contribution in [2.75, 3.05) is 0 Å². The summed E-state index contributed by atoms with van der Waals surface area (Å²) in [5.74, 6) is -0.514. The zero-order valence-electron chi connectivity index (χ0n) is 7.42. The van der Waals surface area contributed by atoms with E-state index in [4.69, 9.17) is 11.6 Å². The van der Waals surface area contributed by atoms with Crippen molar-refractivity contribution in [1.82, 2.24) is 4.98 Å². The Labute approximate surface area is 89.1 Å². The molecule has 78 valence electrons. The zero-order chi connectivity index (χ0) is 11.0. The van der Waals surface area contributed by atoms with Gasteiger partial charge in [0.1, 0.15) is 11.4 Å². The fourth-order valence-electron chi connectivity index (χ4n) is 1.31. The van der Waals surface area contributed by atoms with Crippen LogP contribution in [0.3, 0.4) is 0 Å². The van der Waals surface area contributed by atoms with Gasteiger partial charge in [-0.05, 0) is 24.3 Å². The van der Waals surface area contributed by atoms with E-state index in [1.54, 1.807) is 12.1 Å². The minimum atomic E-state index is -2.79. The highest BCUT2D eigenvalue weighted by Gasteiger charge is 2.15. The molecule has 1 aromatic heterocycles. The van der Waals surface area contributed by atoms with Gasteiger partial charge in [-0.3, -0.25) is 0 Å². The Balaban J connectivity index is 2.71. The molecule has 0 saturated heterocycles. The standard InChI is InChI=1S/C10H6ClF2NO/c11-6-1-2-7-5(3-6)4-8(15)9(14-7)10(12)13/h1-4,10,15H. The molecule has 0 fully saturated rings. The van der Waals surface area contributed by atoms with E-state index < -0.39 is 17.9 Å². The summed E-state index contributed by atoms with van der Waals surface area (Å²) in [6.45, 7) is 0. The van der Waals surface area contributed by atoms with E-state index in [0.717, 1.165) is 0 Å². The number of alkyl halides is 2. The van der Waals surface area contributed by atoms with Crippen LogP contribution in [0.25, 0.3) is 10.9 Å². The van der Waals surface area contributed by atoms with Gasteiger partial charge in [0.05, 0.1) is 5.52 Å². The van der Waals surface area contributed by atoms with Crippen LogP contribution in [0, 0.1) is 0 Å². The van der Waals surface area contributed by atoms with Gasteiger partial charge in [-0.25, -0.2) is 13.8 Å². The molecule has 0 atom stereocenters. The minimum Gasteiger partial charge on any atom is -0.506 e. The molecule has 0 radical (unpaired) electrons. The number of pyridine rings is 1. The van der Waals surface area contributed by atoms with Gasteiger partial charge in [0, 0.05) is 10.4 Å². The van der Waals surface area contributed by atoms with Crippen molar-refractivity contribution in [1.29, 1.82) is 0 Å². The average Bonchev–Trinajstić information content (AvgIpc) is 2.15. The van der Waals surface area contributed by atoms with Crippen LogP contribution in [0.2, 0.25) is 5.02 Å². The van der Waals surface area contributed by atoms with Crippen LogP contribution in [0.15, 0.2) is 24.3 Å². The molecule has 15 heavy (non-hydrogen) atoms. The van der Waals surface area contributed by atoms with Gasteiger partial charge in [0.2, 0.25) is 0 Å². The Kier molecular flexibility index (Phi) is 2.44. The first-order valence-electron chi connectivity index (χ1n) is 4.15. The molecule has 0 spiro atoms. The number of aromatic hydroxyl groups is 1. The van der Waals surface area contributed by atoms with E-state index in [0.29, 0.717) is 15.9 Å². The number of fused-ring (bicyclic) bond motifs is 1. The van der Waals surface area contributed by atoms with Crippen molar-refractivity contribution in [3.8, 4) is 5.75 Å². The van der Waals surface area contributed by atoms with Crippen LogP contribution < -0.4 is 0 Å². The quantitative estimate of drug-likeness (QED) is 0.812. The van der Waals surface area contributed by atoms with Gasteiger partial charge in [0.25, 0.3) is 6.43 Å². The minimum absolute atomic E-state index is 0.382. The number of halogens is 3. The van der Waals surface area contributed by atoms with Crippen LogP contribution in [0.4, 0.5) is 8.78 Å². The van der Waals surface area contributed by atoms with Gasteiger partial charge in [-0.2, -0.15) is 0 Å². The molecule has 1 N–H and O–H groups in total. The van der Waals surface area contributed by atoms with E-state index in [-0.39, 0.29) is 0 Å². The second-order valence-electron chi connectivity index (χ2n) is 3.03. The third kappa shape index (κ3) is 1.85. The molecule has 0 aliphatic rings. The summed E-state index contributed by atoms with van der Waals surface area (Å²) in [7, 11) is 0. The van der Waals surface area contributed by atoms with Crippen LogP contribution in [-0.2, 0) is 0 Å². The highest BCUT2D eigenvalue weighted by Crippen LogP contribution is 2.30. The summed E-state index contributed by atoms with van der Waals surface area (Å²) in [4.78, 5) is 3.66. The third-order valence-corrected chi connectivity index (χ3v) is 2.23. The summed E-state index contributed by atoms with van der Waals surface area (Å²) >= 11 is 5.72. The first-order valence-corrected chi connectivity index (χ1v) is 4.53. The second-order valence-corrected chi connectivity index (χ2v) is 3.47. The third-order valence-electron chi connectivity index (χ3n) is 1.99. The Morgan fingerprint density at radius 3 is 2.67 bits per heavy atom. The lowest BCUT2D eigenvalue weighted by Gasteiger charge is -2.04. The van der Waals surface area contributed by atoms with E-state index in [2.05, 4.69) is 4.98 Å². The molecule has 5 heteroatoms. The van der Waals surface area contributed by atoms with Gasteiger partial charge in [-0.15, -0.1) is 0 Å². The van der Waals surface area contributed by atoms with E-state index in [1.165, 1.54) is 12.1 Å². The smallest absolute Gasteiger partial charge is 0.284 e. The SMILES string of the molecule is Oc1cc2cc(Cl)ccc2nc1C(F)F. The molecule has 0 bridgehead atoms. The highest BCUT2D eigenvalue weighted by molar-refractivity contribution is 6.31. The molecule has 0 unspecified atom stereocenters. The molecule has 1 heterocycles. The highest BCUT2D eigenvalue weighted by atomic mass is 35.5. The van der Waals surface area contributed by atoms with Crippen molar-refractivity contribution in [3.63, 3.8) is 0 Å². The van der Waals surface area contributed by atoms with Crippen LogP contribution in [0.1, 0.15) is 12.1 Å². The zero-order valence-corrected chi connectivity index (χ0v) is 8.17. The Bertz CT molecular complexity index is 516. The Morgan fingerprint density at radius 2 is 2.00 bits per heavy atom. The molecule has 1 aromatic carbocycles. The first-order chi connectivity index (χ1) is 7.08. The van der Waals surface area contributed by atoms with Crippen molar-refractivity contribution < 1.29 is 13.9 Å². The van der Waals surface area contributed by atoms with Crippen LogP contribution in [-0.4, -0.2) is 10.1 Å². The van der Waals surface area contributed by atoms with Gasteiger partial charge < -0.3 is 5.11 Å². The van der Waals surface area contributed by atoms with Crippen LogP contribution in [0.5, 0.6) is 5.75 Å². The maximum absolute atomic E-state index is 12.4. The monoisotopic (exact) mass is 229 g/mol. The molecular formula is C10H6ClF2NO. The van der Waals surface area contributed by atoms with E-state index >= 15 is 0 Å². The molecule has 0 aliphatic carbocycles. The number of rotatable bonds is 1. The molecular weight excluding hydrogens is 224 g/mol. The lowest BCUT2D eigenvalue weighted by atomic mass is 10.2. The summed E-state index contributed by atoms with van der Waals surface area (Å²) in [6, 6.07) is 5.88. The van der Waals surface area contributed by atoms with Gasteiger partial charge >= 0.3 is 0 Å². The predicted molar refractivity (Wildman–Crippen MR) is 53.4 cm³/mol. The molecule has 2 nitrogen and oxygen atoms in total. The topological polar surface area (TPSA) is 33.1 Å². The van der Waals surface area contributed by atoms with Crippen molar-refractivity contribution in [2.24, 2.45) is 0 Å². The molecule has 0 saturated carbocycles. The number of benzene rings is 1. The molecule has 0 aliphatic heterocycles. The predicted octanol–water partition coefficient (Wildman–Crippen LogP) is 3.53. The number of nitrogens with zero attached hydrogens (tertiary/aromatic N) is 1. The fourth-order valence-corrected chi connectivity index (χ4v) is 1.49. The summed E-state index contributed by atoms with van der Waals surface area (Å²) in [5, 5.41) is 10.3. The normalized spacial score (nSPS) is 11.2. The van der Waals surface area contributed by atoms with E-state index in [9.17, 15) is 13.9 Å². The average molecular weight is 230 g/mol. The summed E-state index contributed by atoms with van der Waals surface area (Å²) in [6.07, 6.45) is -2.79. The molecule has 0 amide bonds. The van der Waals surface area contributed by atoms with E-state index in [1.807, 2.05) is 0 Å².